The fourth-order valence-electron chi connectivity index (χ4n) is 2.48. The molecule has 0 aliphatic carbocycles. The Morgan fingerprint density at radius 2 is 1.93 bits per heavy atom. The summed E-state index contributed by atoms with van der Waals surface area (Å²) in [5.74, 6) is -0.546. The summed E-state index contributed by atoms with van der Waals surface area (Å²) in [5.41, 5.74) is 3.87. The Morgan fingerprint density at radius 1 is 1.40 bits per heavy atom. The van der Waals surface area contributed by atoms with Crippen LogP contribution in [0.2, 0.25) is 0 Å². The molecule has 15 heavy (non-hydrogen) atoms. The highest BCUT2D eigenvalue weighted by Gasteiger charge is 2.56. The van der Waals surface area contributed by atoms with Crippen LogP contribution in [0, 0.1) is 5.41 Å². The summed E-state index contributed by atoms with van der Waals surface area (Å²) in [5, 5.41) is 9.08. The van der Waals surface area contributed by atoms with E-state index in [1.165, 1.54) is 4.90 Å². The molecule has 5 heteroatoms. The van der Waals surface area contributed by atoms with Crippen LogP contribution in [0.5, 0.6) is 0 Å². The summed E-state index contributed by atoms with van der Waals surface area (Å²) in [6, 6.07) is 0. The van der Waals surface area contributed by atoms with Gasteiger partial charge in [0.1, 0.15) is 5.54 Å². The number of nitrogens with two attached hydrogens (primary N) is 1. The number of hydrogen-bond donors (Lipinski definition) is 2. The van der Waals surface area contributed by atoms with E-state index >= 15 is 0 Å². The van der Waals surface area contributed by atoms with Crippen LogP contribution < -0.4 is 5.73 Å². The molecule has 1 atom stereocenters. The molecule has 0 aromatic heterocycles. The second-order valence-corrected chi connectivity index (χ2v) is 5.01. The summed E-state index contributed by atoms with van der Waals surface area (Å²) < 4.78 is 0. The van der Waals surface area contributed by atoms with Crippen molar-refractivity contribution in [3.05, 3.63) is 0 Å². The molecule has 0 aromatic rings. The van der Waals surface area contributed by atoms with Crippen LogP contribution in [0.4, 0.5) is 4.79 Å². The van der Waals surface area contributed by atoms with Gasteiger partial charge >= 0.3 is 6.09 Å². The number of hydrogen-bond acceptors (Lipinski definition) is 2. The Hall–Kier alpha value is -1.26. The molecule has 0 radical (unpaired) electrons. The highest BCUT2D eigenvalue weighted by molar-refractivity contribution is 5.89. The number of carbonyl (C=O) groups is 2. The third kappa shape index (κ3) is 1.56. The van der Waals surface area contributed by atoms with Crippen molar-refractivity contribution >= 4 is 12.0 Å². The molecule has 86 valence electrons. The Labute approximate surface area is 89.2 Å². The molecule has 1 unspecified atom stereocenters. The van der Waals surface area contributed by atoms with E-state index in [4.69, 9.17) is 10.8 Å². The Kier molecular flexibility index (Phi) is 2.67. The Balaban J connectivity index is 3.22. The smallest absolute Gasteiger partial charge is 0.408 e. The number of rotatable bonds is 1. The number of carbonyl (C=O) groups excluding carboxylic acids is 1. The lowest BCUT2D eigenvalue weighted by molar-refractivity contribution is -0.134. The number of carboxylic acid groups (broad SMARTS) is 1. The third-order valence-corrected chi connectivity index (χ3v) is 3.26. The first-order valence-electron chi connectivity index (χ1n) is 5.04. The van der Waals surface area contributed by atoms with Crippen LogP contribution >= 0.6 is 0 Å². The normalized spacial score (nSPS) is 26.7. The average molecular weight is 214 g/mol. The first kappa shape index (κ1) is 11.8. The van der Waals surface area contributed by atoms with E-state index in [1.807, 2.05) is 20.8 Å². The summed E-state index contributed by atoms with van der Waals surface area (Å²) in [6.07, 6.45) is 0.131. The van der Waals surface area contributed by atoms with Gasteiger partial charge in [0, 0.05) is 6.54 Å². The van der Waals surface area contributed by atoms with Crippen LogP contribution in [0.15, 0.2) is 0 Å². The summed E-state index contributed by atoms with van der Waals surface area (Å²) >= 11 is 0. The summed E-state index contributed by atoms with van der Waals surface area (Å²) in [6.45, 7) is 5.92. The maximum Gasteiger partial charge on any atom is 0.408 e. The van der Waals surface area contributed by atoms with Crippen molar-refractivity contribution in [2.75, 3.05) is 6.54 Å². The number of amides is 2. The van der Waals surface area contributed by atoms with Gasteiger partial charge in [0.05, 0.1) is 0 Å². The zero-order valence-electron chi connectivity index (χ0n) is 9.41. The van der Waals surface area contributed by atoms with Crippen LogP contribution in [0.1, 0.15) is 33.6 Å². The summed E-state index contributed by atoms with van der Waals surface area (Å²) in [7, 11) is 0. The van der Waals surface area contributed by atoms with Crippen molar-refractivity contribution in [3.63, 3.8) is 0 Å². The number of likely N-dealkylation sites (tertiary alicyclic amines) is 1. The van der Waals surface area contributed by atoms with Gasteiger partial charge in [0.25, 0.3) is 0 Å². The quantitative estimate of drug-likeness (QED) is 0.683. The van der Waals surface area contributed by atoms with E-state index in [2.05, 4.69) is 0 Å². The minimum atomic E-state index is -1.07. The molecule has 0 bridgehead atoms. The molecule has 0 spiro atoms. The fraction of sp³-hybridized carbons (Fsp3) is 0.800. The average Bonchev–Trinajstić information content (AvgIpc) is 2.45. The first-order valence-corrected chi connectivity index (χ1v) is 5.04. The van der Waals surface area contributed by atoms with Crippen LogP contribution in [-0.2, 0) is 4.79 Å². The predicted octanol–water partition coefficient (Wildman–Crippen LogP) is 1.03. The van der Waals surface area contributed by atoms with Gasteiger partial charge < -0.3 is 10.8 Å². The Bertz CT molecular complexity index is 296. The van der Waals surface area contributed by atoms with Crippen LogP contribution in [0.3, 0.4) is 0 Å². The van der Waals surface area contributed by atoms with Crippen molar-refractivity contribution in [1.82, 2.24) is 4.90 Å². The van der Waals surface area contributed by atoms with Crippen molar-refractivity contribution in [2.45, 2.75) is 39.2 Å². The zero-order chi connectivity index (χ0) is 11.9. The molecule has 2 amide bonds. The van der Waals surface area contributed by atoms with Crippen LogP contribution in [-0.4, -0.2) is 34.1 Å². The van der Waals surface area contributed by atoms with Gasteiger partial charge in [0.15, 0.2) is 0 Å². The van der Waals surface area contributed by atoms with Gasteiger partial charge in [-0.1, -0.05) is 20.8 Å². The second-order valence-electron chi connectivity index (χ2n) is 5.01. The predicted molar refractivity (Wildman–Crippen MR) is 55.3 cm³/mol. The minimum absolute atomic E-state index is 0.384. The van der Waals surface area contributed by atoms with E-state index in [9.17, 15) is 9.59 Å². The largest absolute Gasteiger partial charge is 0.465 e. The first-order chi connectivity index (χ1) is 6.73. The van der Waals surface area contributed by atoms with Gasteiger partial charge in [-0.15, -0.1) is 0 Å². The van der Waals surface area contributed by atoms with Crippen molar-refractivity contribution in [2.24, 2.45) is 11.1 Å². The molecule has 1 rings (SSSR count). The molecule has 1 aliphatic heterocycles. The molecule has 1 heterocycles. The standard InChI is InChI=1S/C10H18N2O3/c1-9(2,3)10(7(11)13)5-4-6-12(10)8(14)15/h4-6H2,1-3H3,(H2,11,13)(H,14,15). The van der Waals surface area contributed by atoms with Crippen molar-refractivity contribution < 1.29 is 14.7 Å². The molecule has 1 aliphatic rings. The molecule has 3 N–H and O–H groups in total. The number of nitrogens with zero attached hydrogens (tertiary/aromatic N) is 1. The zero-order valence-corrected chi connectivity index (χ0v) is 9.41. The molecule has 0 aromatic carbocycles. The third-order valence-electron chi connectivity index (χ3n) is 3.26. The maximum absolute atomic E-state index is 11.6. The molecular weight excluding hydrogens is 196 g/mol. The van der Waals surface area contributed by atoms with Crippen molar-refractivity contribution in [1.29, 1.82) is 0 Å². The molecule has 1 fully saturated rings. The van der Waals surface area contributed by atoms with E-state index in [0.717, 1.165) is 0 Å². The van der Waals surface area contributed by atoms with Gasteiger partial charge in [-0.3, -0.25) is 9.69 Å². The lowest BCUT2D eigenvalue weighted by atomic mass is 9.71. The lowest BCUT2D eigenvalue weighted by Crippen LogP contribution is -2.62. The highest BCUT2D eigenvalue weighted by atomic mass is 16.4. The van der Waals surface area contributed by atoms with Gasteiger partial charge in [0.2, 0.25) is 5.91 Å². The van der Waals surface area contributed by atoms with E-state index in [-0.39, 0.29) is 0 Å². The van der Waals surface area contributed by atoms with E-state index in [1.54, 1.807) is 0 Å². The van der Waals surface area contributed by atoms with E-state index in [0.29, 0.717) is 19.4 Å². The molecule has 1 saturated heterocycles. The second kappa shape index (κ2) is 3.40. The SMILES string of the molecule is CC(C)(C)C1(C(N)=O)CCCN1C(=O)O. The monoisotopic (exact) mass is 214 g/mol. The molecule has 5 nitrogen and oxygen atoms in total. The molecular formula is C10H18N2O3. The van der Waals surface area contributed by atoms with E-state index < -0.39 is 23.0 Å². The van der Waals surface area contributed by atoms with Gasteiger partial charge in [-0.25, -0.2) is 4.79 Å². The highest BCUT2D eigenvalue weighted by Crippen LogP contribution is 2.43. The fourth-order valence-corrected chi connectivity index (χ4v) is 2.48. The Morgan fingerprint density at radius 3 is 2.20 bits per heavy atom. The number of primary amides is 1. The van der Waals surface area contributed by atoms with Crippen molar-refractivity contribution in [3.8, 4) is 0 Å². The van der Waals surface area contributed by atoms with Crippen LogP contribution in [0.25, 0.3) is 0 Å². The minimum Gasteiger partial charge on any atom is -0.465 e. The maximum atomic E-state index is 11.6. The summed E-state index contributed by atoms with van der Waals surface area (Å²) in [4.78, 5) is 23.9. The van der Waals surface area contributed by atoms with Gasteiger partial charge in [-0.2, -0.15) is 0 Å². The lowest BCUT2D eigenvalue weighted by Gasteiger charge is -2.44. The molecule has 0 saturated carbocycles. The topological polar surface area (TPSA) is 83.6 Å². The van der Waals surface area contributed by atoms with Gasteiger partial charge in [-0.05, 0) is 18.3 Å².